The third-order valence-electron chi connectivity index (χ3n) is 1.85. The first kappa shape index (κ1) is 13.6. The standard InChI is InChI=1S/C11H21O2P/c1-7-8-9(2)14(6)10(12)13-11(3,4)5/h7,9H,1,8H2,2-6H3/t9-,14?/m0/s1. The number of hydrogen-bond donors (Lipinski definition) is 0. The number of carbonyl (C=O) groups is 1. The third-order valence-corrected chi connectivity index (χ3v) is 4.05. The van der Waals surface area contributed by atoms with Gasteiger partial charge in [0.25, 0.3) is 0 Å². The number of allylic oxidation sites excluding steroid dienone is 1. The summed E-state index contributed by atoms with van der Waals surface area (Å²) in [7, 11) is -0.706. The lowest BCUT2D eigenvalue weighted by atomic mass is 10.2. The lowest BCUT2D eigenvalue weighted by Gasteiger charge is -2.24. The van der Waals surface area contributed by atoms with Gasteiger partial charge in [-0.1, -0.05) is 13.0 Å². The summed E-state index contributed by atoms with van der Waals surface area (Å²) < 4.78 is 5.32. The zero-order chi connectivity index (χ0) is 11.4. The minimum Gasteiger partial charge on any atom is -0.457 e. The molecule has 0 heterocycles. The molecule has 0 amide bonds. The molecule has 0 aromatic rings. The fourth-order valence-electron chi connectivity index (χ4n) is 0.913. The molecule has 2 nitrogen and oxygen atoms in total. The molecule has 0 radical (unpaired) electrons. The summed E-state index contributed by atoms with van der Waals surface area (Å²) in [6.45, 7) is 13.4. The van der Waals surface area contributed by atoms with E-state index < -0.39 is 7.92 Å². The van der Waals surface area contributed by atoms with E-state index in [4.69, 9.17) is 4.74 Å². The molecule has 0 bridgehead atoms. The van der Waals surface area contributed by atoms with Crippen molar-refractivity contribution in [1.82, 2.24) is 0 Å². The minimum atomic E-state index is -0.706. The zero-order valence-corrected chi connectivity index (χ0v) is 10.7. The number of rotatable bonds is 4. The minimum absolute atomic E-state index is 0.0538. The summed E-state index contributed by atoms with van der Waals surface area (Å²) in [6.07, 6.45) is 2.73. The van der Waals surface area contributed by atoms with Crippen molar-refractivity contribution in [3.8, 4) is 0 Å². The van der Waals surface area contributed by atoms with E-state index in [-0.39, 0.29) is 11.3 Å². The quantitative estimate of drug-likeness (QED) is 0.524. The third kappa shape index (κ3) is 5.39. The van der Waals surface area contributed by atoms with Gasteiger partial charge in [0.05, 0.1) is 0 Å². The van der Waals surface area contributed by atoms with Crippen molar-refractivity contribution in [2.75, 3.05) is 6.66 Å². The Hall–Kier alpha value is -0.360. The van der Waals surface area contributed by atoms with E-state index in [1.807, 2.05) is 33.5 Å². The molecule has 2 atom stereocenters. The Morgan fingerprint density at radius 2 is 2.07 bits per heavy atom. The number of ether oxygens (including phenoxy) is 1. The zero-order valence-electron chi connectivity index (χ0n) is 9.83. The highest BCUT2D eigenvalue weighted by atomic mass is 31.1. The molecule has 82 valence electrons. The van der Waals surface area contributed by atoms with Crippen LogP contribution in [0.4, 0.5) is 4.79 Å². The Morgan fingerprint density at radius 1 is 1.57 bits per heavy atom. The van der Waals surface area contributed by atoms with E-state index in [1.54, 1.807) is 0 Å². The van der Waals surface area contributed by atoms with Crippen LogP contribution in [0.25, 0.3) is 0 Å². The molecule has 0 aliphatic rings. The summed E-state index contributed by atoms with van der Waals surface area (Å²) in [5.74, 6) is 0. The van der Waals surface area contributed by atoms with Crippen molar-refractivity contribution in [1.29, 1.82) is 0 Å². The van der Waals surface area contributed by atoms with Crippen LogP contribution in [0.5, 0.6) is 0 Å². The molecule has 0 saturated heterocycles. The van der Waals surface area contributed by atoms with Crippen LogP contribution in [0.3, 0.4) is 0 Å². The van der Waals surface area contributed by atoms with Gasteiger partial charge in [-0.15, -0.1) is 6.58 Å². The SMILES string of the molecule is C=CC[C@H](C)P(C)C(=O)OC(C)(C)C. The van der Waals surface area contributed by atoms with Crippen molar-refractivity contribution in [3.05, 3.63) is 12.7 Å². The first-order chi connectivity index (χ1) is 6.28. The van der Waals surface area contributed by atoms with Crippen LogP contribution in [0, 0.1) is 0 Å². The summed E-state index contributed by atoms with van der Waals surface area (Å²) >= 11 is 0. The Kier molecular flexibility index (Phi) is 5.36. The van der Waals surface area contributed by atoms with Crippen molar-refractivity contribution >= 4 is 13.6 Å². The highest BCUT2D eigenvalue weighted by Crippen LogP contribution is 2.41. The van der Waals surface area contributed by atoms with E-state index in [1.165, 1.54) is 0 Å². The summed E-state index contributed by atoms with van der Waals surface area (Å²) in [4.78, 5) is 11.6. The van der Waals surface area contributed by atoms with Gasteiger partial charge in [-0.25, -0.2) is 4.79 Å². The molecule has 0 N–H and O–H groups in total. The van der Waals surface area contributed by atoms with E-state index >= 15 is 0 Å². The Bertz CT molecular complexity index is 206. The first-order valence-electron chi connectivity index (χ1n) is 4.84. The molecule has 0 rings (SSSR count). The average Bonchev–Trinajstić information content (AvgIpc) is 2.00. The largest absolute Gasteiger partial charge is 0.457 e. The highest BCUT2D eigenvalue weighted by Gasteiger charge is 2.24. The summed E-state index contributed by atoms with van der Waals surface area (Å²) in [5.41, 5.74) is -0.0686. The maximum atomic E-state index is 11.6. The lowest BCUT2D eigenvalue weighted by molar-refractivity contribution is 0.0726. The fraction of sp³-hybridized carbons (Fsp3) is 0.727. The molecular formula is C11H21O2P. The van der Waals surface area contributed by atoms with Gasteiger partial charge in [0, 0.05) is 7.92 Å². The van der Waals surface area contributed by atoms with Crippen LogP contribution in [0.2, 0.25) is 0 Å². The smallest absolute Gasteiger partial charge is 0.326 e. The lowest BCUT2D eigenvalue weighted by Crippen LogP contribution is -2.23. The maximum Gasteiger partial charge on any atom is 0.326 e. The Labute approximate surface area is 88.5 Å². The predicted octanol–water partition coefficient (Wildman–Crippen LogP) is 4.00. The molecule has 0 saturated carbocycles. The summed E-state index contributed by atoms with van der Waals surface area (Å²) in [6, 6.07) is 0. The Morgan fingerprint density at radius 3 is 2.43 bits per heavy atom. The second kappa shape index (κ2) is 5.50. The van der Waals surface area contributed by atoms with Crippen molar-refractivity contribution in [2.45, 2.75) is 45.4 Å². The topological polar surface area (TPSA) is 26.3 Å². The molecule has 0 aliphatic carbocycles. The molecule has 0 aliphatic heterocycles. The molecule has 0 aromatic carbocycles. The normalized spacial score (nSPS) is 15.8. The number of hydrogen-bond acceptors (Lipinski definition) is 2. The molecule has 0 spiro atoms. The Balaban J connectivity index is 4.18. The molecule has 14 heavy (non-hydrogen) atoms. The van der Waals surface area contributed by atoms with Crippen LogP contribution in [0.15, 0.2) is 12.7 Å². The van der Waals surface area contributed by atoms with E-state index in [0.29, 0.717) is 5.66 Å². The second-order valence-electron chi connectivity index (χ2n) is 4.46. The van der Waals surface area contributed by atoms with Gasteiger partial charge in [0.15, 0.2) is 0 Å². The second-order valence-corrected chi connectivity index (χ2v) is 6.93. The highest BCUT2D eigenvalue weighted by molar-refractivity contribution is 7.74. The predicted molar refractivity (Wildman–Crippen MR) is 63.4 cm³/mol. The van der Waals surface area contributed by atoms with E-state index in [0.717, 1.165) is 6.42 Å². The van der Waals surface area contributed by atoms with E-state index in [9.17, 15) is 4.79 Å². The van der Waals surface area contributed by atoms with Crippen LogP contribution in [0.1, 0.15) is 34.1 Å². The molecular weight excluding hydrogens is 195 g/mol. The monoisotopic (exact) mass is 216 g/mol. The van der Waals surface area contributed by atoms with Gasteiger partial charge < -0.3 is 4.74 Å². The molecule has 0 aromatic heterocycles. The van der Waals surface area contributed by atoms with Gasteiger partial charge in [-0.05, 0) is 39.5 Å². The van der Waals surface area contributed by atoms with Gasteiger partial charge in [0.2, 0.25) is 0 Å². The maximum absolute atomic E-state index is 11.6. The first-order valence-corrected chi connectivity index (χ1v) is 6.70. The summed E-state index contributed by atoms with van der Waals surface area (Å²) in [5, 5.41) is 0. The van der Waals surface area contributed by atoms with Crippen molar-refractivity contribution in [3.63, 3.8) is 0 Å². The van der Waals surface area contributed by atoms with Gasteiger partial charge in [-0.3, -0.25) is 0 Å². The van der Waals surface area contributed by atoms with Crippen molar-refractivity contribution in [2.24, 2.45) is 0 Å². The fourth-order valence-corrected chi connectivity index (χ4v) is 2.16. The van der Waals surface area contributed by atoms with Crippen molar-refractivity contribution < 1.29 is 9.53 Å². The van der Waals surface area contributed by atoms with Crippen LogP contribution in [-0.2, 0) is 4.74 Å². The molecule has 3 heteroatoms. The van der Waals surface area contributed by atoms with Gasteiger partial charge in [-0.2, -0.15) is 0 Å². The van der Waals surface area contributed by atoms with Crippen LogP contribution < -0.4 is 0 Å². The molecule has 1 unspecified atom stereocenters. The van der Waals surface area contributed by atoms with Crippen LogP contribution >= 0.6 is 7.92 Å². The van der Waals surface area contributed by atoms with Gasteiger partial charge in [0.1, 0.15) is 5.60 Å². The van der Waals surface area contributed by atoms with Gasteiger partial charge >= 0.3 is 5.71 Å². The van der Waals surface area contributed by atoms with E-state index in [2.05, 4.69) is 13.5 Å². The average molecular weight is 216 g/mol. The number of carbonyl (C=O) groups excluding carboxylic acids is 1. The van der Waals surface area contributed by atoms with Crippen LogP contribution in [-0.4, -0.2) is 23.6 Å². The molecule has 0 fully saturated rings.